The monoisotopic (exact) mass is 291 g/mol. The van der Waals surface area contributed by atoms with Crippen LogP contribution in [0.15, 0.2) is 35.5 Å². The maximum absolute atomic E-state index is 12.0. The highest BCUT2D eigenvalue weighted by molar-refractivity contribution is 6.06. The Kier molecular flexibility index (Phi) is 6.26. The fourth-order valence-corrected chi connectivity index (χ4v) is 1.48. The van der Waals surface area contributed by atoms with Gasteiger partial charge >= 0.3 is 0 Å². The molecule has 4 N–H and O–H groups in total. The van der Waals surface area contributed by atoms with Crippen LogP contribution in [0.3, 0.4) is 0 Å². The average molecular weight is 291 g/mol. The molecule has 0 aliphatic heterocycles. The van der Waals surface area contributed by atoms with E-state index in [2.05, 4.69) is 10.3 Å². The minimum atomic E-state index is -0.543. The topological polar surface area (TPSA) is 96.9 Å². The first-order valence-corrected chi connectivity index (χ1v) is 6.69. The second-order valence-electron chi connectivity index (χ2n) is 4.52. The lowest BCUT2D eigenvalue weighted by atomic mass is 10.2. The van der Waals surface area contributed by atoms with Crippen molar-refractivity contribution in [3.05, 3.63) is 36.0 Å². The number of hydrogen-bond acceptors (Lipinski definition) is 4. The summed E-state index contributed by atoms with van der Waals surface area (Å²) in [6.07, 6.45) is 3.84. The summed E-state index contributed by atoms with van der Waals surface area (Å²) >= 11 is 0. The van der Waals surface area contributed by atoms with Crippen LogP contribution in [-0.2, 0) is 0 Å². The molecule has 114 valence electrons. The van der Waals surface area contributed by atoms with Gasteiger partial charge in [-0.2, -0.15) is 4.99 Å². The summed E-state index contributed by atoms with van der Waals surface area (Å²) in [6, 6.07) is 4.31. The van der Waals surface area contributed by atoms with E-state index in [1.807, 2.05) is 13.8 Å². The lowest BCUT2D eigenvalue weighted by Gasteiger charge is -2.13. The molecule has 0 radical (unpaired) electrons. The van der Waals surface area contributed by atoms with Crippen molar-refractivity contribution in [3.8, 4) is 11.5 Å². The van der Waals surface area contributed by atoms with Crippen LogP contribution in [0.25, 0.3) is 0 Å². The summed E-state index contributed by atoms with van der Waals surface area (Å²) in [7, 11) is 1.71. The van der Waals surface area contributed by atoms with E-state index in [9.17, 15) is 9.90 Å². The molecule has 6 nitrogen and oxygen atoms in total. The third-order valence-electron chi connectivity index (χ3n) is 2.70. The third kappa shape index (κ3) is 5.56. The van der Waals surface area contributed by atoms with Gasteiger partial charge in [0.05, 0.1) is 6.10 Å². The van der Waals surface area contributed by atoms with Crippen molar-refractivity contribution < 1.29 is 14.6 Å². The summed E-state index contributed by atoms with van der Waals surface area (Å²) < 4.78 is 5.59. The molecule has 1 aromatic rings. The number of carbonyl (C=O) groups is 1. The van der Waals surface area contributed by atoms with E-state index in [1.165, 1.54) is 24.3 Å². The fourth-order valence-electron chi connectivity index (χ4n) is 1.48. The molecule has 0 aliphatic carbocycles. The van der Waals surface area contributed by atoms with Crippen LogP contribution in [-0.4, -0.2) is 30.0 Å². The Hall–Kier alpha value is -2.50. The van der Waals surface area contributed by atoms with E-state index in [0.29, 0.717) is 5.75 Å². The third-order valence-corrected chi connectivity index (χ3v) is 2.70. The summed E-state index contributed by atoms with van der Waals surface area (Å²) in [6.45, 7) is 3.89. The Balaban J connectivity index is 2.97. The van der Waals surface area contributed by atoms with Crippen molar-refractivity contribution in [2.75, 3.05) is 7.05 Å². The maximum Gasteiger partial charge on any atom is 0.279 e. The molecule has 0 aliphatic rings. The summed E-state index contributed by atoms with van der Waals surface area (Å²) in [5.74, 6) is -0.105. The van der Waals surface area contributed by atoms with E-state index in [-0.39, 0.29) is 23.3 Å². The molecular weight excluding hydrogens is 270 g/mol. The van der Waals surface area contributed by atoms with Gasteiger partial charge in [-0.1, -0.05) is 6.92 Å². The predicted octanol–water partition coefficient (Wildman–Crippen LogP) is 1.80. The number of hydrogen-bond donors (Lipinski definition) is 3. The quantitative estimate of drug-likeness (QED) is 0.548. The normalized spacial score (nSPS) is 13.2. The molecule has 1 aromatic carbocycles. The summed E-state index contributed by atoms with van der Waals surface area (Å²) in [5, 5.41) is 12.4. The first-order valence-electron chi connectivity index (χ1n) is 6.69. The number of carbonyl (C=O) groups excluding carboxylic acids is 1. The van der Waals surface area contributed by atoms with E-state index in [1.54, 1.807) is 13.2 Å². The summed E-state index contributed by atoms with van der Waals surface area (Å²) in [4.78, 5) is 15.7. The number of ether oxygens (including phenoxy) is 1. The van der Waals surface area contributed by atoms with Crippen molar-refractivity contribution in [1.82, 2.24) is 5.32 Å². The Morgan fingerprint density at radius 1 is 1.52 bits per heavy atom. The van der Waals surface area contributed by atoms with Crippen LogP contribution in [0.2, 0.25) is 0 Å². The standard InChI is InChI=1S/C15H21N3O3/c1-4-10(2)21-13-8-11(7-12(19)9-13)15(20)18-14(16)5-6-17-3/h5-10,17,19H,4H2,1-3H3,(H2,16,18,20)/b6-5-. The number of nitrogens with zero attached hydrogens (tertiary/aromatic N) is 1. The molecule has 0 aromatic heterocycles. The van der Waals surface area contributed by atoms with Gasteiger partial charge in [0.15, 0.2) is 0 Å². The summed E-state index contributed by atoms with van der Waals surface area (Å²) in [5.41, 5.74) is 5.80. The number of nitrogens with two attached hydrogens (primary N) is 1. The average Bonchev–Trinajstić information content (AvgIpc) is 2.44. The van der Waals surface area contributed by atoms with Gasteiger partial charge in [-0.3, -0.25) is 4.79 Å². The Labute approximate surface area is 124 Å². The van der Waals surface area contributed by atoms with Gasteiger partial charge in [0.25, 0.3) is 5.91 Å². The molecule has 0 heterocycles. The van der Waals surface area contributed by atoms with Crippen LogP contribution in [0.4, 0.5) is 0 Å². The number of amides is 1. The van der Waals surface area contributed by atoms with Crippen molar-refractivity contribution in [2.45, 2.75) is 26.4 Å². The van der Waals surface area contributed by atoms with Gasteiger partial charge in [0.1, 0.15) is 17.3 Å². The molecule has 0 fully saturated rings. The van der Waals surface area contributed by atoms with Crippen LogP contribution >= 0.6 is 0 Å². The zero-order chi connectivity index (χ0) is 15.8. The predicted molar refractivity (Wildman–Crippen MR) is 82.6 cm³/mol. The van der Waals surface area contributed by atoms with Gasteiger partial charge in [0.2, 0.25) is 0 Å². The van der Waals surface area contributed by atoms with E-state index in [4.69, 9.17) is 10.5 Å². The van der Waals surface area contributed by atoms with E-state index >= 15 is 0 Å². The molecule has 1 unspecified atom stereocenters. The Morgan fingerprint density at radius 3 is 2.86 bits per heavy atom. The SMILES string of the molecule is CCC(C)Oc1cc(O)cc(C(=O)N=C(N)/C=C\NC)c1. The molecule has 0 saturated carbocycles. The second kappa shape index (κ2) is 7.94. The lowest BCUT2D eigenvalue weighted by molar-refractivity contribution is 0.100. The van der Waals surface area contributed by atoms with E-state index in [0.717, 1.165) is 6.42 Å². The van der Waals surface area contributed by atoms with Gasteiger partial charge in [-0.05, 0) is 37.8 Å². The highest BCUT2D eigenvalue weighted by Gasteiger charge is 2.10. The van der Waals surface area contributed by atoms with E-state index < -0.39 is 5.91 Å². The smallest absolute Gasteiger partial charge is 0.279 e. The molecule has 6 heteroatoms. The van der Waals surface area contributed by atoms with Gasteiger partial charge in [0, 0.05) is 18.7 Å². The molecule has 1 rings (SSSR count). The largest absolute Gasteiger partial charge is 0.508 e. The zero-order valence-corrected chi connectivity index (χ0v) is 12.5. The van der Waals surface area contributed by atoms with Gasteiger partial charge in [-0.15, -0.1) is 0 Å². The lowest BCUT2D eigenvalue weighted by Crippen LogP contribution is -2.13. The number of amidine groups is 1. The molecule has 21 heavy (non-hydrogen) atoms. The van der Waals surface area contributed by atoms with Crippen molar-refractivity contribution in [1.29, 1.82) is 0 Å². The maximum atomic E-state index is 12.0. The van der Waals surface area contributed by atoms with Crippen molar-refractivity contribution in [3.63, 3.8) is 0 Å². The molecular formula is C15H21N3O3. The minimum Gasteiger partial charge on any atom is -0.508 e. The van der Waals surface area contributed by atoms with Gasteiger partial charge in [-0.25, -0.2) is 0 Å². The minimum absolute atomic E-state index is 0.0121. The number of aromatic hydroxyl groups is 1. The number of aliphatic imine (C=N–C) groups is 1. The van der Waals surface area contributed by atoms with Gasteiger partial charge < -0.3 is 20.9 Å². The number of phenolic OH excluding ortho intramolecular Hbond substituents is 1. The van der Waals surface area contributed by atoms with Crippen LogP contribution in [0.5, 0.6) is 11.5 Å². The van der Waals surface area contributed by atoms with Crippen molar-refractivity contribution >= 4 is 11.7 Å². The first-order chi connectivity index (χ1) is 9.96. The first kappa shape index (κ1) is 16.6. The van der Waals surface area contributed by atoms with Crippen molar-refractivity contribution in [2.24, 2.45) is 10.7 Å². The highest BCUT2D eigenvalue weighted by atomic mass is 16.5. The highest BCUT2D eigenvalue weighted by Crippen LogP contribution is 2.23. The fraction of sp³-hybridized carbons (Fsp3) is 0.333. The second-order valence-corrected chi connectivity index (χ2v) is 4.52. The number of benzene rings is 1. The Bertz CT molecular complexity index is 553. The Morgan fingerprint density at radius 2 is 2.24 bits per heavy atom. The van der Waals surface area contributed by atoms with Crippen LogP contribution < -0.4 is 15.8 Å². The number of phenols is 1. The zero-order valence-electron chi connectivity index (χ0n) is 12.5. The van der Waals surface area contributed by atoms with Crippen LogP contribution in [0.1, 0.15) is 30.6 Å². The molecule has 1 atom stereocenters. The van der Waals surface area contributed by atoms with Crippen LogP contribution in [0, 0.1) is 0 Å². The number of nitrogens with one attached hydrogen (secondary N) is 1. The number of rotatable bonds is 6. The molecule has 0 saturated heterocycles. The molecule has 0 spiro atoms. The molecule has 1 amide bonds. The molecule has 0 bridgehead atoms.